The molecule has 1 fully saturated rings. The highest BCUT2D eigenvalue weighted by atomic mass is 32.2. The van der Waals surface area contributed by atoms with E-state index in [0.29, 0.717) is 11.8 Å². The molecule has 2 N–H and O–H groups in total. The fourth-order valence-electron chi connectivity index (χ4n) is 2.73. The molecule has 0 radical (unpaired) electrons. The summed E-state index contributed by atoms with van der Waals surface area (Å²) in [5.41, 5.74) is 0. The van der Waals surface area contributed by atoms with E-state index in [1.54, 1.807) is 6.20 Å². The van der Waals surface area contributed by atoms with E-state index in [1.165, 1.54) is 35.9 Å². The summed E-state index contributed by atoms with van der Waals surface area (Å²) < 4.78 is 2.75. The number of amides is 1. The monoisotopic (exact) mass is 366 g/mol. The maximum absolute atomic E-state index is 12.2. The highest BCUT2D eigenvalue weighted by Crippen LogP contribution is 2.31. The summed E-state index contributed by atoms with van der Waals surface area (Å²) in [6.45, 7) is 2.98. The summed E-state index contributed by atoms with van der Waals surface area (Å²) in [6, 6.07) is 2.27. The first-order valence-electron chi connectivity index (χ1n) is 8.30. The Morgan fingerprint density at radius 2 is 2.25 bits per heavy atom. The Hall–Kier alpha value is -1.61. The number of thioether (sulfide) groups is 1. The van der Waals surface area contributed by atoms with Crippen molar-refractivity contribution in [2.45, 2.75) is 49.4 Å². The van der Waals surface area contributed by atoms with Gasteiger partial charge in [-0.2, -0.15) is 5.10 Å². The Morgan fingerprint density at radius 1 is 1.42 bits per heavy atom. The zero-order valence-corrected chi connectivity index (χ0v) is 15.3. The SMILES string of the molecule is CCCNc1nnc(SCC(=O)Nc2ccnn2C2CCCC2)s1. The van der Waals surface area contributed by atoms with E-state index in [1.807, 2.05) is 10.7 Å². The second-order valence-corrected chi connectivity index (χ2v) is 7.94. The molecule has 1 saturated carbocycles. The van der Waals surface area contributed by atoms with Gasteiger partial charge in [0.1, 0.15) is 5.82 Å². The molecule has 9 heteroatoms. The molecule has 0 unspecified atom stereocenters. The van der Waals surface area contributed by atoms with Gasteiger partial charge in [-0.3, -0.25) is 4.79 Å². The fraction of sp³-hybridized carbons (Fsp3) is 0.600. The molecule has 3 rings (SSSR count). The number of nitrogens with zero attached hydrogens (tertiary/aromatic N) is 4. The van der Waals surface area contributed by atoms with Gasteiger partial charge < -0.3 is 10.6 Å². The summed E-state index contributed by atoms with van der Waals surface area (Å²) in [5.74, 6) is 1.06. The Balaban J connectivity index is 1.49. The van der Waals surface area contributed by atoms with Crippen LogP contribution in [0.25, 0.3) is 0 Å². The van der Waals surface area contributed by atoms with Crippen LogP contribution in [0.2, 0.25) is 0 Å². The molecule has 1 amide bonds. The van der Waals surface area contributed by atoms with Gasteiger partial charge >= 0.3 is 0 Å². The minimum atomic E-state index is -0.0435. The molecule has 7 nitrogen and oxygen atoms in total. The lowest BCUT2D eigenvalue weighted by Crippen LogP contribution is -2.19. The molecule has 2 aromatic rings. The second kappa shape index (κ2) is 8.48. The van der Waals surface area contributed by atoms with E-state index >= 15 is 0 Å². The summed E-state index contributed by atoms with van der Waals surface area (Å²) in [4.78, 5) is 12.2. The molecule has 0 spiro atoms. The van der Waals surface area contributed by atoms with Crippen molar-refractivity contribution in [2.75, 3.05) is 22.9 Å². The van der Waals surface area contributed by atoms with Gasteiger partial charge in [-0.25, -0.2) is 4.68 Å². The molecular formula is C15H22N6OS2. The lowest BCUT2D eigenvalue weighted by molar-refractivity contribution is -0.113. The molecule has 24 heavy (non-hydrogen) atoms. The quantitative estimate of drug-likeness (QED) is 0.697. The van der Waals surface area contributed by atoms with Crippen LogP contribution in [0, 0.1) is 0 Å². The van der Waals surface area contributed by atoms with E-state index in [2.05, 4.69) is 32.9 Å². The van der Waals surface area contributed by atoms with Crippen LogP contribution in [-0.2, 0) is 4.79 Å². The predicted octanol–water partition coefficient (Wildman–Crippen LogP) is 3.40. The van der Waals surface area contributed by atoms with Crippen LogP contribution in [0.3, 0.4) is 0 Å². The van der Waals surface area contributed by atoms with Crippen molar-refractivity contribution in [1.29, 1.82) is 0 Å². The third-order valence-corrected chi connectivity index (χ3v) is 5.88. The van der Waals surface area contributed by atoms with Gasteiger partial charge in [-0.15, -0.1) is 10.2 Å². The van der Waals surface area contributed by atoms with Gasteiger partial charge in [-0.1, -0.05) is 42.9 Å². The Kier molecular flexibility index (Phi) is 6.08. The number of rotatable bonds is 8. The van der Waals surface area contributed by atoms with Crippen LogP contribution in [0.1, 0.15) is 45.1 Å². The van der Waals surface area contributed by atoms with E-state index in [4.69, 9.17) is 0 Å². The van der Waals surface area contributed by atoms with E-state index < -0.39 is 0 Å². The van der Waals surface area contributed by atoms with Gasteiger partial charge in [0.15, 0.2) is 4.34 Å². The number of carbonyl (C=O) groups excluding carboxylic acids is 1. The largest absolute Gasteiger partial charge is 0.360 e. The summed E-state index contributed by atoms with van der Waals surface area (Å²) in [6.07, 6.45) is 7.53. The van der Waals surface area contributed by atoms with Crippen molar-refractivity contribution in [1.82, 2.24) is 20.0 Å². The van der Waals surface area contributed by atoms with Crippen LogP contribution in [0.4, 0.5) is 10.9 Å². The van der Waals surface area contributed by atoms with Crippen molar-refractivity contribution in [3.63, 3.8) is 0 Å². The minimum absolute atomic E-state index is 0.0435. The Bertz CT molecular complexity index is 664. The van der Waals surface area contributed by atoms with Crippen LogP contribution in [0.15, 0.2) is 16.6 Å². The molecule has 0 saturated heterocycles. The summed E-state index contributed by atoms with van der Waals surface area (Å²) in [5, 5.41) is 19.5. The van der Waals surface area contributed by atoms with E-state index in [-0.39, 0.29) is 5.91 Å². The van der Waals surface area contributed by atoms with E-state index in [9.17, 15) is 4.79 Å². The summed E-state index contributed by atoms with van der Waals surface area (Å²) >= 11 is 2.88. The predicted molar refractivity (Wildman–Crippen MR) is 97.8 cm³/mol. The van der Waals surface area contributed by atoms with Crippen LogP contribution >= 0.6 is 23.1 Å². The average molecular weight is 367 g/mol. The molecular weight excluding hydrogens is 344 g/mol. The van der Waals surface area contributed by atoms with Gasteiger partial charge in [0.05, 0.1) is 18.0 Å². The third kappa shape index (κ3) is 4.47. The smallest absolute Gasteiger partial charge is 0.235 e. The van der Waals surface area contributed by atoms with Crippen LogP contribution in [-0.4, -0.2) is 38.2 Å². The highest BCUT2D eigenvalue weighted by molar-refractivity contribution is 8.01. The highest BCUT2D eigenvalue weighted by Gasteiger charge is 2.20. The van der Waals surface area contributed by atoms with Crippen molar-refractivity contribution in [2.24, 2.45) is 0 Å². The first kappa shape index (κ1) is 17.2. The number of anilines is 2. The van der Waals surface area contributed by atoms with Crippen molar-refractivity contribution >= 4 is 40.0 Å². The zero-order chi connectivity index (χ0) is 16.8. The van der Waals surface area contributed by atoms with Gasteiger partial charge in [-0.05, 0) is 19.3 Å². The van der Waals surface area contributed by atoms with Crippen molar-refractivity contribution in [3.05, 3.63) is 12.3 Å². The average Bonchev–Trinajstić information content (AvgIpc) is 3.32. The minimum Gasteiger partial charge on any atom is -0.360 e. The lowest BCUT2D eigenvalue weighted by Gasteiger charge is -2.14. The first-order valence-corrected chi connectivity index (χ1v) is 10.1. The lowest BCUT2D eigenvalue weighted by atomic mass is 10.2. The molecule has 0 aromatic carbocycles. The van der Waals surface area contributed by atoms with Crippen molar-refractivity contribution in [3.8, 4) is 0 Å². The van der Waals surface area contributed by atoms with Gasteiger partial charge in [0.25, 0.3) is 0 Å². The maximum Gasteiger partial charge on any atom is 0.235 e. The standard InChI is InChI=1S/C15H22N6OS2/c1-2-8-16-14-19-20-15(24-14)23-10-13(22)18-12-7-9-17-21(12)11-5-3-4-6-11/h7,9,11H,2-6,8,10H2,1H3,(H,16,19)(H,18,22). The van der Waals surface area contributed by atoms with Crippen LogP contribution < -0.4 is 10.6 Å². The molecule has 2 heterocycles. The summed E-state index contributed by atoms with van der Waals surface area (Å²) in [7, 11) is 0. The fourth-order valence-corrected chi connectivity index (χ4v) is 4.31. The second-order valence-electron chi connectivity index (χ2n) is 5.74. The Morgan fingerprint density at radius 3 is 3.04 bits per heavy atom. The zero-order valence-electron chi connectivity index (χ0n) is 13.7. The normalized spacial score (nSPS) is 14.9. The molecule has 1 aliphatic rings. The molecule has 0 bridgehead atoms. The molecule has 130 valence electrons. The number of carbonyl (C=O) groups is 1. The van der Waals surface area contributed by atoms with Gasteiger partial charge in [0.2, 0.25) is 11.0 Å². The molecule has 1 aliphatic carbocycles. The molecule has 0 atom stereocenters. The number of hydrogen-bond acceptors (Lipinski definition) is 7. The van der Waals surface area contributed by atoms with E-state index in [0.717, 1.165) is 41.1 Å². The third-order valence-electron chi connectivity index (χ3n) is 3.87. The van der Waals surface area contributed by atoms with Crippen molar-refractivity contribution < 1.29 is 4.79 Å². The van der Waals surface area contributed by atoms with Crippen LogP contribution in [0.5, 0.6) is 0 Å². The topological polar surface area (TPSA) is 84.7 Å². The molecule has 2 aromatic heterocycles. The molecule has 0 aliphatic heterocycles. The maximum atomic E-state index is 12.2. The Labute approximate surface area is 149 Å². The number of hydrogen-bond donors (Lipinski definition) is 2. The van der Waals surface area contributed by atoms with Gasteiger partial charge in [0, 0.05) is 12.6 Å². The number of aromatic nitrogens is 4. The first-order chi connectivity index (χ1) is 11.8. The number of nitrogens with one attached hydrogen (secondary N) is 2.